The number of rotatable bonds is 2. The molecule has 5 atom stereocenters. The van der Waals surface area contributed by atoms with Gasteiger partial charge in [0.05, 0.1) is 12.2 Å². The van der Waals surface area contributed by atoms with Crippen LogP contribution in [-0.4, -0.2) is 58.6 Å². The molecule has 5 heteroatoms. The van der Waals surface area contributed by atoms with Gasteiger partial charge in [0.1, 0.15) is 12.2 Å². The molecule has 1 aliphatic carbocycles. The molecule has 5 nitrogen and oxygen atoms in total. The molecule has 0 aromatic rings. The third-order valence-electron chi connectivity index (χ3n) is 3.16. The quantitative estimate of drug-likeness (QED) is 0.473. The highest BCUT2D eigenvalue weighted by Gasteiger charge is 2.37. The monoisotopic (exact) mass is 220 g/mol. The Labute approximate surface area is 89.3 Å². The van der Waals surface area contributed by atoms with Crippen molar-refractivity contribution in [1.29, 1.82) is 0 Å². The highest BCUT2D eigenvalue weighted by Crippen LogP contribution is 2.24. The van der Waals surface area contributed by atoms with Crippen molar-refractivity contribution >= 4 is 0 Å². The van der Waals surface area contributed by atoms with Gasteiger partial charge in [0.25, 0.3) is 0 Å². The lowest BCUT2D eigenvalue weighted by molar-refractivity contribution is -0.141. The molecule has 0 aromatic heterocycles. The minimum Gasteiger partial charge on any atom is -0.396 e. The second kappa shape index (κ2) is 5.77. The molecular formula is C10H20O5. The molecule has 0 aromatic carbocycles. The second-order valence-electron chi connectivity index (χ2n) is 4.12. The van der Waals surface area contributed by atoms with E-state index in [0.717, 1.165) is 6.42 Å². The molecule has 0 amide bonds. The van der Waals surface area contributed by atoms with Gasteiger partial charge in [-0.2, -0.15) is 0 Å². The summed E-state index contributed by atoms with van der Waals surface area (Å²) in [5.74, 6) is -0.368. The Bertz CT molecular complexity index is 169. The maximum atomic E-state index is 9.71. The fourth-order valence-electron chi connectivity index (χ4n) is 2.08. The van der Waals surface area contributed by atoms with Crippen molar-refractivity contribution in [3.8, 4) is 0 Å². The fraction of sp³-hybridized carbons (Fsp3) is 1.00. The van der Waals surface area contributed by atoms with Crippen LogP contribution in [0.3, 0.4) is 0 Å². The smallest absolute Gasteiger partial charge is 0.109 e. The SMILES string of the molecule is CO[C@@H]1CCC[C@H](CO)[C@@H](O)[C@H](O)[C@H]1O. The molecule has 1 aliphatic rings. The summed E-state index contributed by atoms with van der Waals surface area (Å²) in [5.41, 5.74) is 0. The van der Waals surface area contributed by atoms with Crippen LogP contribution in [0.4, 0.5) is 0 Å². The van der Waals surface area contributed by atoms with Gasteiger partial charge in [-0.3, -0.25) is 0 Å². The van der Waals surface area contributed by atoms with Crippen LogP contribution >= 0.6 is 0 Å². The van der Waals surface area contributed by atoms with Gasteiger partial charge in [-0.25, -0.2) is 0 Å². The molecule has 0 spiro atoms. The number of ether oxygens (including phenoxy) is 1. The lowest BCUT2D eigenvalue weighted by Gasteiger charge is -2.34. The van der Waals surface area contributed by atoms with Gasteiger partial charge >= 0.3 is 0 Å². The van der Waals surface area contributed by atoms with Crippen molar-refractivity contribution in [2.75, 3.05) is 13.7 Å². The summed E-state index contributed by atoms with van der Waals surface area (Å²) >= 11 is 0. The molecule has 90 valence electrons. The summed E-state index contributed by atoms with van der Waals surface area (Å²) in [6.45, 7) is -0.178. The maximum absolute atomic E-state index is 9.71. The van der Waals surface area contributed by atoms with Crippen LogP contribution < -0.4 is 0 Å². The van der Waals surface area contributed by atoms with Crippen LogP contribution in [0.5, 0.6) is 0 Å². The van der Waals surface area contributed by atoms with Gasteiger partial charge in [0.15, 0.2) is 0 Å². The summed E-state index contributed by atoms with van der Waals surface area (Å²) in [6, 6.07) is 0. The van der Waals surface area contributed by atoms with Gasteiger partial charge in [0.2, 0.25) is 0 Å². The molecule has 0 unspecified atom stereocenters. The molecule has 4 N–H and O–H groups in total. The van der Waals surface area contributed by atoms with Crippen LogP contribution in [0.25, 0.3) is 0 Å². The molecule has 1 rings (SSSR count). The van der Waals surface area contributed by atoms with Crippen molar-refractivity contribution in [2.24, 2.45) is 5.92 Å². The Morgan fingerprint density at radius 1 is 1.07 bits per heavy atom. The largest absolute Gasteiger partial charge is 0.396 e. The first-order chi connectivity index (χ1) is 7.11. The second-order valence-corrected chi connectivity index (χ2v) is 4.12. The number of aliphatic hydroxyl groups excluding tert-OH is 4. The molecule has 0 bridgehead atoms. The molecule has 15 heavy (non-hydrogen) atoms. The average molecular weight is 220 g/mol. The first-order valence-electron chi connectivity index (χ1n) is 5.29. The van der Waals surface area contributed by atoms with Gasteiger partial charge in [-0.1, -0.05) is 6.42 Å². The number of hydrogen-bond donors (Lipinski definition) is 4. The highest BCUT2D eigenvalue weighted by molar-refractivity contribution is 4.87. The van der Waals surface area contributed by atoms with E-state index in [2.05, 4.69) is 0 Å². The first-order valence-corrected chi connectivity index (χ1v) is 5.29. The maximum Gasteiger partial charge on any atom is 0.109 e. The van der Waals surface area contributed by atoms with Crippen LogP contribution in [0.1, 0.15) is 19.3 Å². The number of hydrogen-bond acceptors (Lipinski definition) is 5. The van der Waals surface area contributed by atoms with Crippen LogP contribution in [0.15, 0.2) is 0 Å². The van der Waals surface area contributed by atoms with E-state index < -0.39 is 24.4 Å². The molecule has 1 fully saturated rings. The van der Waals surface area contributed by atoms with E-state index in [1.807, 2.05) is 0 Å². The predicted octanol–water partition coefficient (Wildman–Crippen LogP) is -1.12. The van der Waals surface area contributed by atoms with Crippen molar-refractivity contribution in [1.82, 2.24) is 0 Å². The van der Waals surface area contributed by atoms with Crippen LogP contribution in [-0.2, 0) is 4.74 Å². The Morgan fingerprint density at radius 2 is 1.73 bits per heavy atom. The lowest BCUT2D eigenvalue weighted by atomic mass is 9.85. The Hall–Kier alpha value is -0.200. The number of methoxy groups -OCH3 is 1. The highest BCUT2D eigenvalue weighted by atomic mass is 16.5. The first kappa shape index (κ1) is 12.9. The lowest BCUT2D eigenvalue weighted by Crippen LogP contribution is -2.50. The van der Waals surface area contributed by atoms with Crippen molar-refractivity contribution < 1.29 is 25.2 Å². The fourth-order valence-corrected chi connectivity index (χ4v) is 2.08. The number of aliphatic hydroxyl groups is 4. The Kier molecular flexibility index (Phi) is 4.95. The molecule has 0 radical (unpaired) electrons. The summed E-state index contributed by atoms with van der Waals surface area (Å²) in [6.07, 6.45) is -1.90. The molecule has 0 saturated heterocycles. The normalized spacial score (nSPS) is 43.4. The summed E-state index contributed by atoms with van der Waals surface area (Å²) in [4.78, 5) is 0. The summed E-state index contributed by atoms with van der Waals surface area (Å²) in [7, 11) is 1.47. The minimum absolute atomic E-state index is 0.178. The van der Waals surface area contributed by atoms with Crippen molar-refractivity contribution in [2.45, 2.75) is 43.7 Å². The van der Waals surface area contributed by atoms with E-state index >= 15 is 0 Å². The topological polar surface area (TPSA) is 90.2 Å². The van der Waals surface area contributed by atoms with Gasteiger partial charge in [-0.05, 0) is 12.8 Å². The third kappa shape index (κ3) is 2.89. The van der Waals surface area contributed by atoms with Crippen molar-refractivity contribution in [3.63, 3.8) is 0 Å². The Balaban J connectivity index is 2.69. The zero-order valence-corrected chi connectivity index (χ0v) is 8.91. The zero-order chi connectivity index (χ0) is 11.4. The standard InChI is InChI=1S/C10H20O5/c1-15-7-4-2-3-6(5-11)8(12)10(14)9(7)13/h6-14H,2-5H2,1H3/t6-,7-,8-,9+,10+/m1/s1. The van der Waals surface area contributed by atoms with E-state index in [1.54, 1.807) is 0 Å². The average Bonchev–Trinajstić information content (AvgIpc) is 2.26. The van der Waals surface area contributed by atoms with Gasteiger partial charge < -0.3 is 25.2 Å². The van der Waals surface area contributed by atoms with E-state index in [9.17, 15) is 15.3 Å². The summed E-state index contributed by atoms with van der Waals surface area (Å²) in [5, 5.41) is 38.1. The van der Waals surface area contributed by atoms with Crippen LogP contribution in [0, 0.1) is 5.92 Å². The molecule has 1 saturated carbocycles. The van der Waals surface area contributed by atoms with Gasteiger partial charge in [-0.15, -0.1) is 0 Å². The van der Waals surface area contributed by atoms with E-state index in [-0.39, 0.29) is 12.5 Å². The van der Waals surface area contributed by atoms with Gasteiger partial charge in [0, 0.05) is 19.6 Å². The summed E-state index contributed by atoms with van der Waals surface area (Å²) < 4.78 is 5.04. The molecular weight excluding hydrogens is 200 g/mol. The van der Waals surface area contributed by atoms with Crippen molar-refractivity contribution in [3.05, 3.63) is 0 Å². The Morgan fingerprint density at radius 3 is 2.27 bits per heavy atom. The van der Waals surface area contributed by atoms with E-state index in [0.29, 0.717) is 12.8 Å². The predicted molar refractivity (Wildman–Crippen MR) is 53.2 cm³/mol. The van der Waals surface area contributed by atoms with Crippen LogP contribution in [0.2, 0.25) is 0 Å². The van der Waals surface area contributed by atoms with E-state index in [4.69, 9.17) is 9.84 Å². The third-order valence-corrected chi connectivity index (χ3v) is 3.16. The van der Waals surface area contributed by atoms with E-state index in [1.165, 1.54) is 7.11 Å². The minimum atomic E-state index is -1.26. The molecule has 0 aliphatic heterocycles. The zero-order valence-electron chi connectivity index (χ0n) is 8.91. The molecule has 0 heterocycles.